The lowest BCUT2D eigenvalue weighted by molar-refractivity contribution is 0.240. The van der Waals surface area contributed by atoms with Crippen molar-refractivity contribution in [2.45, 2.75) is 45.9 Å². The molecule has 2 aliphatic heterocycles. The summed E-state index contributed by atoms with van der Waals surface area (Å²) in [6.45, 7) is 6.29. The zero-order valence-electron chi connectivity index (χ0n) is 17.3. The third-order valence-corrected chi connectivity index (χ3v) is 6.01. The zero-order chi connectivity index (χ0) is 20.4. The second kappa shape index (κ2) is 8.55. The molecule has 0 amide bonds. The van der Waals surface area contributed by atoms with Gasteiger partial charge in [0.1, 0.15) is 5.75 Å². The number of methoxy groups -OCH3 is 1. The number of rotatable bonds is 5. The highest BCUT2D eigenvalue weighted by atomic mass is 16.5. The summed E-state index contributed by atoms with van der Waals surface area (Å²) in [5.74, 6) is 2.06. The van der Waals surface area contributed by atoms with Gasteiger partial charge in [0.15, 0.2) is 0 Å². The van der Waals surface area contributed by atoms with Crippen LogP contribution in [0.3, 0.4) is 0 Å². The lowest BCUT2D eigenvalue weighted by Gasteiger charge is -2.33. The predicted octanol–water partition coefficient (Wildman–Crippen LogP) is 2.07. The number of aromatic nitrogens is 2. The van der Waals surface area contributed by atoms with Crippen molar-refractivity contribution in [2.75, 3.05) is 31.6 Å². The average Bonchev–Trinajstić information content (AvgIpc) is 2.74. The minimum atomic E-state index is -0.0542. The third kappa shape index (κ3) is 4.31. The molecular weight excluding hydrogens is 368 g/mol. The maximum absolute atomic E-state index is 12.8. The summed E-state index contributed by atoms with van der Waals surface area (Å²) in [5, 5.41) is 9.54. The van der Waals surface area contributed by atoms with Gasteiger partial charge in [-0.3, -0.25) is 14.7 Å². The maximum Gasteiger partial charge on any atom is 0.257 e. The van der Waals surface area contributed by atoms with Crippen molar-refractivity contribution in [3.63, 3.8) is 0 Å². The Kier molecular flexibility index (Phi) is 5.87. The van der Waals surface area contributed by atoms with Crippen molar-refractivity contribution in [1.29, 1.82) is 0 Å². The average molecular weight is 399 g/mol. The molecule has 2 aromatic rings. The molecule has 2 aliphatic rings. The minimum Gasteiger partial charge on any atom is -0.496 e. The van der Waals surface area contributed by atoms with Crippen LogP contribution in [0.15, 0.2) is 23.0 Å². The highest BCUT2D eigenvalue weighted by Crippen LogP contribution is 2.24. The number of hydrogen-bond donors (Lipinski definition) is 2. The Morgan fingerprint density at radius 1 is 1.34 bits per heavy atom. The first-order valence-corrected chi connectivity index (χ1v) is 10.4. The smallest absolute Gasteiger partial charge is 0.257 e. The summed E-state index contributed by atoms with van der Waals surface area (Å²) in [6.07, 6.45) is 3.16. The second-order valence-electron chi connectivity index (χ2n) is 8.27. The van der Waals surface area contributed by atoms with Crippen molar-refractivity contribution in [1.82, 2.24) is 14.9 Å². The van der Waals surface area contributed by atoms with Crippen LogP contribution in [0.5, 0.6) is 5.75 Å². The van der Waals surface area contributed by atoms with Gasteiger partial charge in [-0.25, -0.2) is 4.98 Å². The van der Waals surface area contributed by atoms with Crippen LogP contribution in [0.4, 0.5) is 5.95 Å². The number of aliphatic hydroxyl groups is 1. The molecule has 1 fully saturated rings. The minimum absolute atomic E-state index is 0.0151. The van der Waals surface area contributed by atoms with Crippen molar-refractivity contribution in [3.05, 3.63) is 50.9 Å². The van der Waals surface area contributed by atoms with Crippen LogP contribution in [0.2, 0.25) is 0 Å². The first-order chi connectivity index (χ1) is 14.1. The molecule has 3 heterocycles. The fourth-order valence-corrected chi connectivity index (χ4v) is 4.45. The molecule has 1 atom stereocenters. The van der Waals surface area contributed by atoms with E-state index in [1.54, 1.807) is 7.11 Å². The number of nitrogens with one attached hydrogen (secondary N) is 1. The molecule has 1 saturated heterocycles. The Bertz CT molecular complexity index is 927. The Morgan fingerprint density at radius 3 is 2.97 bits per heavy atom. The molecule has 7 nitrogen and oxygen atoms in total. The number of H-pyrrole nitrogens is 1. The number of aromatic amines is 1. The van der Waals surface area contributed by atoms with E-state index in [1.807, 2.05) is 18.2 Å². The van der Waals surface area contributed by atoms with Gasteiger partial charge in [0.25, 0.3) is 5.56 Å². The van der Waals surface area contributed by atoms with Crippen molar-refractivity contribution < 1.29 is 9.84 Å². The van der Waals surface area contributed by atoms with Crippen LogP contribution in [0.1, 0.15) is 42.1 Å². The van der Waals surface area contributed by atoms with Gasteiger partial charge in [-0.2, -0.15) is 0 Å². The molecule has 0 aliphatic carbocycles. The van der Waals surface area contributed by atoms with E-state index >= 15 is 0 Å². The van der Waals surface area contributed by atoms with Gasteiger partial charge in [-0.05, 0) is 36.5 Å². The van der Waals surface area contributed by atoms with Crippen LogP contribution in [0, 0.1) is 5.92 Å². The zero-order valence-corrected chi connectivity index (χ0v) is 17.3. The quantitative estimate of drug-likeness (QED) is 0.802. The molecule has 0 saturated carbocycles. The standard InChI is InChI=1S/C22H30N4O3/c1-15-4-3-8-26(11-15)22-23-19-7-9-25(13-18(19)21(28)24-22)12-16-5-6-20(29-2)17(10-16)14-27/h5-6,10,15,27H,3-4,7-9,11-14H2,1-2H3,(H,23,24,28)/t15-/m1/s1. The van der Waals surface area contributed by atoms with Crippen molar-refractivity contribution in [2.24, 2.45) is 5.92 Å². The predicted molar refractivity (Wildman–Crippen MR) is 112 cm³/mol. The monoisotopic (exact) mass is 398 g/mol. The number of hydrogen-bond acceptors (Lipinski definition) is 6. The van der Waals surface area contributed by atoms with Gasteiger partial charge in [0, 0.05) is 44.7 Å². The molecule has 0 unspecified atom stereocenters. The fraction of sp³-hybridized carbons (Fsp3) is 0.545. The molecule has 7 heteroatoms. The Morgan fingerprint density at radius 2 is 2.21 bits per heavy atom. The molecule has 4 rings (SSSR count). The lowest BCUT2D eigenvalue weighted by Crippen LogP contribution is -2.39. The highest BCUT2D eigenvalue weighted by molar-refractivity contribution is 5.37. The van der Waals surface area contributed by atoms with E-state index in [2.05, 4.69) is 21.7 Å². The number of benzene rings is 1. The number of fused-ring (bicyclic) bond motifs is 1. The molecule has 29 heavy (non-hydrogen) atoms. The van der Waals surface area contributed by atoms with Gasteiger partial charge >= 0.3 is 0 Å². The van der Waals surface area contributed by atoms with E-state index in [0.29, 0.717) is 18.2 Å². The Hall–Kier alpha value is -2.38. The summed E-state index contributed by atoms with van der Waals surface area (Å²) in [6, 6.07) is 5.87. The molecule has 1 aromatic heterocycles. The SMILES string of the molecule is COc1ccc(CN2CCc3nc(N4CCC[C@@H](C)C4)[nH]c(=O)c3C2)cc1CO. The second-order valence-corrected chi connectivity index (χ2v) is 8.27. The molecule has 156 valence electrons. The van der Waals surface area contributed by atoms with Gasteiger partial charge < -0.3 is 14.7 Å². The van der Waals surface area contributed by atoms with Crippen LogP contribution in [-0.2, 0) is 26.1 Å². The van der Waals surface area contributed by atoms with E-state index in [0.717, 1.165) is 67.4 Å². The first kappa shape index (κ1) is 19.9. The summed E-state index contributed by atoms with van der Waals surface area (Å²) in [4.78, 5) is 25.1. The molecule has 0 radical (unpaired) electrons. The molecule has 1 aromatic carbocycles. The summed E-state index contributed by atoms with van der Waals surface area (Å²) >= 11 is 0. The van der Waals surface area contributed by atoms with Crippen molar-refractivity contribution in [3.8, 4) is 5.75 Å². The van der Waals surface area contributed by atoms with E-state index in [4.69, 9.17) is 9.72 Å². The first-order valence-electron chi connectivity index (χ1n) is 10.4. The summed E-state index contributed by atoms with van der Waals surface area (Å²) in [5.41, 5.74) is 3.58. The number of anilines is 1. The number of nitrogens with zero attached hydrogens (tertiary/aromatic N) is 3. The van der Waals surface area contributed by atoms with Gasteiger partial charge in [0.05, 0.1) is 25.0 Å². The topological polar surface area (TPSA) is 81.7 Å². The Balaban J connectivity index is 1.49. The third-order valence-electron chi connectivity index (χ3n) is 6.01. The molecule has 0 spiro atoms. The number of aliphatic hydroxyl groups excluding tert-OH is 1. The Labute approximate surface area is 171 Å². The molecular formula is C22H30N4O3. The molecule has 0 bridgehead atoms. The van der Waals surface area contributed by atoms with Gasteiger partial charge in [-0.15, -0.1) is 0 Å². The van der Waals surface area contributed by atoms with E-state index in [9.17, 15) is 9.90 Å². The van der Waals surface area contributed by atoms with Gasteiger partial charge in [0.2, 0.25) is 5.95 Å². The van der Waals surface area contributed by atoms with E-state index in [1.165, 1.54) is 6.42 Å². The van der Waals surface area contributed by atoms with Crippen molar-refractivity contribution >= 4 is 5.95 Å². The van der Waals surface area contributed by atoms with Crippen LogP contribution in [0.25, 0.3) is 0 Å². The fourth-order valence-electron chi connectivity index (χ4n) is 4.45. The number of piperidine rings is 1. The lowest BCUT2D eigenvalue weighted by atomic mass is 10.0. The van der Waals surface area contributed by atoms with Gasteiger partial charge in [-0.1, -0.05) is 13.0 Å². The largest absolute Gasteiger partial charge is 0.496 e. The summed E-state index contributed by atoms with van der Waals surface area (Å²) < 4.78 is 5.28. The summed E-state index contributed by atoms with van der Waals surface area (Å²) in [7, 11) is 1.60. The van der Waals surface area contributed by atoms with E-state index < -0.39 is 0 Å². The number of ether oxygens (including phenoxy) is 1. The molecule has 2 N–H and O–H groups in total. The maximum atomic E-state index is 12.8. The normalized spacial score (nSPS) is 19.8. The van der Waals surface area contributed by atoms with Crippen LogP contribution in [-0.4, -0.2) is 46.7 Å². The highest BCUT2D eigenvalue weighted by Gasteiger charge is 2.24. The van der Waals surface area contributed by atoms with E-state index in [-0.39, 0.29) is 12.2 Å². The van der Waals surface area contributed by atoms with Crippen LogP contribution < -0.4 is 15.2 Å². The van der Waals surface area contributed by atoms with Crippen LogP contribution >= 0.6 is 0 Å².